The average molecular weight is 355 g/mol. The summed E-state index contributed by atoms with van der Waals surface area (Å²) < 4.78 is 5.45. The lowest BCUT2D eigenvalue weighted by Crippen LogP contribution is -2.13. The predicted octanol–water partition coefficient (Wildman–Crippen LogP) is 7.69. The van der Waals surface area contributed by atoms with Crippen LogP contribution in [0.25, 0.3) is 0 Å². The first kappa shape index (κ1) is 24.5. The standard InChI is InChI=1S/C23H46O2/c1-5-7-18-22(6-2)20-25-23(24)19-16-14-12-10-8-9-11-13-15-17-21(3)4/h21-22H,5-20H2,1-4H3. The molecule has 0 bridgehead atoms. The van der Waals surface area contributed by atoms with Crippen LogP contribution in [0.15, 0.2) is 0 Å². The molecule has 2 heteroatoms. The summed E-state index contributed by atoms with van der Waals surface area (Å²) in [7, 11) is 0. The van der Waals surface area contributed by atoms with E-state index in [2.05, 4.69) is 27.7 Å². The molecule has 0 fully saturated rings. The van der Waals surface area contributed by atoms with Gasteiger partial charge in [-0.3, -0.25) is 4.79 Å². The maximum Gasteiger partial charge on any atom is 0.305 e. The number of ether oxygens (including phenoxy) is 1. The first-order chi connectivity index (χ1) is 12.1. The first-order valence-electron chi connectivity index (χ1n) is 11.3. The van der Waals surface area contributed by atoms with E-state index in [1.807, 2.05) is 0 Å². The number of hydrogen-bond donors (Lipinski definition) is 0. The van der Waals surface area contributed by atoms with E-state index < -0.39 is 0 Å². The van der Waals surface area contributed by atoms with Gasteiger partial charge in [-0.25, -0.2) is 0 Å². The molecule has 0 N–H and O–H groups in total. The highest BCUT2D eigenvalue weighted by Gasteiger charge is 2.09. The Bertz CT molecular complexity index is 286. The number of carbonyl (C=O) groups is 1. The second-order valence-corrected chi connectivity index (χ2v) is 8.21. The van der Waals surface area contributed by atoms with E-state index in [0.29, 0.717) is 18.9 Å². The third-order valence-corrected chi connectivity index (χ3v) is 5.19. The van der Waals surface area contributed by atoms with Crippen LogP contribution in [-0.4, -0.2) is 12.6 Å². The number of rotatable bonds is 18. The Morgan fingerprint density at radius 2 is 1.32 bits per heavy atom. The van der Waals surface area contributed by atoms with Crippen molar-refractivity contribution in [1.82, 2.24) is 0 Å². The van der Waals surface area contributed by atoms with Crippen LogP contribution in [0.5, 0.6) is 0 Å². The lowest BCUT2D eigenvalue weighted by molar-refractivity contribution is -0.145. The molecule has 0 aromatic carbocycles. The zero-order chi connectivity index (χ0) is 18.8. The highest BCUT2D eigenvalue weighted by Crippen LogP contribution is 2.15. The summed E-state index contributed by atoms with van der Waals surface area (Å²) in [4.78, 5) is 11.8. The second kappa shape index (κ2) is 18.3. The Hall–Kier alpha value is -0.530. The fraction of sp³-hybridized carbons (Fsp3) is 0.957. The molecule has 1 atom stereocenters. The zero-order valence-electron chi connectivity index (χ0n) is 17.8. The van der Waals surface area contributed by atoms with Crippen LogP contribution in [-0.2, 0) is 9.53 Å². The third kappa shape index (κ3) is 18.1. The van der Waals surface area contributed by atoms with Crippen LogP contribution in [0.3, 0.4) is 0 Å². The minimum Gasteiger partial charge on any atom is -0.465 e. The molecular formula is C23H46O2. The van der Waals surface area contributed by atoms with E-state index in [1.165, 1.54) is 77.0 Å². The molecule has 0 heterocycles. The number of hydrogen-bond acceptors (Lipinski definition) is 2. The van der Waals surface area contributed by atoms with E-state index in [-0.39, 0.29) is 5.97 Å². The lowest BCUT2D eigenvalue weighted by Gasteiger charge is -2.14. The van der Waals surface area contributed by atoms with Crippen LogP contribution in [0.2, 0.25) is 0 Å². The maximum absolute atomic E-state index is 11.8. The van der Waals surface area contributed by atoms with Crippen LogP contribution in [0.4, 0.5) is 0 Å². The molecule has 0 rings (SSSR count). The van der Waals surface area contributed by atoms with Crippen molar-refractivity contribution in [1.29, 1.82) is 0 Å². The number of carbonyl (C=O) groups excluding carboxylic acids is 1. The monoisotopic (exact) mass is 354 g/mol. The Balaban J connectivity index is 3.34. The number of unbranched alkanes of at least 4 members (excludes halogenated alkanes) is 9. The predicted molar refractivity (Wildman–Crippen MR) is 110 cm³/mol. The van der Waals surface area contributed by atoms with Gasteiger partial charge in [0.1, 0.15) is 0 Å². The summed E-state index contributed by atoms with van der Waals surface area (Å²) in [5, 5.41) is 0. The van der Waals surface area contributed by atoms with E-state index in [1.54, 1.807) is 0 Å². The Morgan fingerprint density at radius 1 is 0.760 bits per heavy atom. The molecule has 0 radical (unpaired) electrons. The Morgan fingerprint density at radius 3 is 1.84 bits per heavy atom. The highest BCUT2D eigenvalue weighted by molar-refractivity contribution is 5.69. The molecule has 0 aromatic rings. The zero-order valence-corrected chi connectivity index (χ0v) is 17.8. The first-order valence-corrected chi connectivity index (χ1v) is 11.3. The summed E-state index contributed by atoms with van der Waals surface area (Å²) in [6.07, 6.45) is 18.5. The summed E-state index contributed by atoms with van der Waals surface area (Å²) in [6.45, 7) is 9.66. The molecule has 0 aliphatic rings. The molecule has 0 amide bonds. The minimum absolute atomic E-state index is 0.0140. The Kier molecular flexibility index (Phi) is 17.9. The SMILES string of the molecule is CCCCC(CC)COC(=O)CCCCCCCCCCCC(C)C. The van der Waals surface area contributed by atoms with Crippen molar-refractivity contribution in [2.75, 3.05) is 6.61 Å². The molecule has 150 valence electrons. The van der Waals surface area contributed by atoms with Gasteiger partial charge in [-0.05, 0) is 24.7 Å². The molecule has 0 saturated carbocycles. The largest absolute Gasteiger partial charge is 0.465 e. The highest BCUT2D eigenvalue weighted by atomic mass is 16.5. The minimum atomic E-state index is 0.0140. The quantitative estimate of drug-likeness (QED) is 0.186. The van der Waals surface area contributed by atoms with E-state index >= 15 is 0 Å². The Labute approximate surface area is 158 Å². The van der Waals surface area contributed by atoms with Gasteiger partial charge in [-0.2, -0.15) is 0 Å². The van der Waals surface area contributed by atoms with Gasteiger partial charge in [0.25, 0.3) is 0 Å². The van der Waals surface area contributed by atoms with Crippen molar-refractivity contribution < 1.29 is 9.53 Å². The van der Waals surface area contributed by atoms with Crippen molar-refractivity contribution >= 4 is 5.97 Å². The third-order valence-electron chi connectivity index (χ3n) is 5.19. The van der Waals surface area contributed by atoms with Gasteiger partial charge in [0.2, 0.25) is 0 Å². The molecule has 2 nitrogen and oxygen atoms in total. The van der Waals surface area contributed by atoms with Crippen LogP contribution in [0, 0.1) is 11.8 Å². The second-order valence-electron chi connectivity index (χ2n) is 8.21. The van der Waals surface area contributed by atoms with Crippen molar-refractivity contribution in [2.45, 2.75) is 124 Å². The van der Waals surface area contributed by atoms with Gasteiger partial charge in [-0.15, -0.1) is 0 Å². The molecule has 1 unspecified atom stereocenters. The van der Waals surface area contributed by atoms with Crippen molar-refractivity contribution in [2.24, 2.45) is 11.8 Å². The summed E-state index contributed by atoms with van der Waals surface area (Å²) in [6, 6.07) is 0. The van der Waals surface area contributed by atoms with Crippen LogP contribution >= 0.6 is 0 Å². The van der Waals surface area contributed by atoms with Gasteiger partial charge < -0.3 is 4.74 Å². The molecule has 0 aliphatic carbocycles. The lowest BCUT2D eigenvalue weighted by atomic mass is 10.0. The maximum atomic E-state index is 11.8. The van der Waals surface area contributed by atoms with Crippen molar-refractivity contribution in [3.63, 3.8) is 0 Å². The van der Waals surface area contributed by atoms with E-state index in [9.17, 15) is 4.79 Å². The van der Waals surface area contributed by atoms with Gasteiger partial charge in [0.05, 0.1) is 6.61 Å². The fourth-order valence-corrected chi connectivity index (χ4v) is 3.24. The molecule has 0 aliphatic heterocycles. The fourth-order valence-electron chi connectivity index (χ4n) is 3.24. The van der Waals surface area contributed by atoms with Gasteiger partial charge >= 0.3 is 5.97 Å². The topological polar surface area (TPSA) is 26.3 Å². The van der Waals surface area contributed by atoms with Crippen molar-refractivity contribution in [3.8, 4) is 0 Å². The van der Waals surface area contributed by atoms with Gasteiger partial charge in [0, 0.05) is 6.42 Å². The average Bonchev–Trinajstić information content (AvgIpc) is 2.59. The summed E-state index contributed by atoms with van der Waals surface area (Å²) in [5.74, 6) is 1.43. The molecule has 0 saturated heterocycles. The van der Waals surface area contributed by atoms with Crippen LogP contribution < -0.4 is 0 Å². The molecule has 0 spiro atoms. The smallest absolute Gasteiger partial charge is 0.305 e. The summed E-state index contributed by atoms with van der Waals surface area (Å²) in [5.41, 5.74) is 0. The van der Waals surface area contributed by atoms with Crippen LogP contribution in [0.1, 0.15) is 124 Å². The van der Waals surface area contributed by atoms with Crippen molar-refractivity contribution in [3.05, 3.63) is 0 Å². The normalized spacial score (nSPS) is 12.5. The number of esters is 1. The molecule has 25 heavy (non-hydrogen) atoms. The molecular weight excluding hydrogens is 308 g/mol. The van der Waals surface area contributed by atoms with E-state index in [0.717, 1.165) is 18.8 Å². The summed E-state index contributed by atoms with van der Waals surface area (Å²) >= 11 is 0. The van der Waals surface area contributed by atoms with E-state index in [4.69, 9.17) is 4.74 Å². The van der Waals surface area contributed by atoms with Gasteiger partial charge in [-0.1, -0.05) is 105 Å². The molecule has 0 aromatic heterocycles. The van der Waals surface area contributed by atoms with Gasteiger partial charge in [0.15, 0.2) is 0 Å².